The number of nitrogens with two attached hydrogens (primary N) is 1. The van der Waals surface area contributed by atoms with Crippen LogP contribution in [0.4, 0.5) is 4.39 Å². The normalized spacial score (nSPS) is 22.6. The van der Waals surface area contributed by atoms with Gasteiger partial charge in [-0.25, -0.2) is 17.5 Å². The van der Waals surface area contributed by atoms with E-state index in [4.69, 9.17) is 11.0 Å². The van der Waals surface area contributed by atoms with E-state index in [1.54, 1.807) is 6.07 Å². The van der Waals surface area contributed by atoms with E-state index in [0.717, 1.165) is 18.9 Å². The molecule has 1 aromatic carbocycles. The second-order valence-electron chi connectivity index (χ2n) is 4.88. The molecule has 2 atom stereocenters. The van der Waals surface area contributed by atoms with Gasteiger partial charge in [-0.2, -0.15) is 5.26 Å². The highest BCUT2D eigenvalue weighted by atomic mass is 32.2. The third-order valence-electron chi connectivity index (χ3n) is 3.65. The minimum absolute atomic E-state index is 0.0869. The minimum atomic E-state index is -3.92. The van der Waals surface area contributed by atoms with Gasteiger partial charge in [0.1, 0.15) is 22.3 Å². The summed E-state index contributed by atoms with van der Waals surface area (Å²) in [6.07, 6.45) is 2.49. The number of benzene rings is 1. The van der Waals surface area contributed by atoms with E-state index in [-0.39, 0.29) is 16.9 Å². The average molecular weight is 297 g/mol. The Balaban J connectivity index is 2.32. The molecule has 0 radical (unpaired) electrons. The fraction of sp³-hybridized carbons (Fsp3) is 0.462. The van der Waals surface area contributed by atoms with Gasteiger partial charge >= 0.3 is 0 Å². The maximum absolute atomic E-state index is 13.5. The lowest BCUT2D eigenvalue weighted by Crippen LogP contribution is -2.40. The Morgan fingerprint density at radius 1 is 1.45 bits per heavy atom. The van der Waals surface area contributed by atoms with Gasteiger partial charge in [0.25, 0.3) is 0 Å². The fourth-order valence-electron chi connectivity index (χ4n) is 2.57. The lowest BCUT2D eigenvalue weighted by Gasteiger charge is -2.19. The zero-order chi connectivity index (χ0) is 14.8. The molecule has 7 heteroatoms. The summed E-state index contributed by atoms with van der Waals surface area (Å²) in [6, 6.07) is 4.93. The van der Waals surface area contributed by atoms with E-state index in [9.17, 15) is 12.8 Å². The molecule has 1 aliphatic carbocycles. The molecular weight excluding hydrogens is 281 g/mol. The lowest BCUT2D eigenvalue weighted by molar-refractivity contribution is 0.452. The molecule has 1 aliphatic rings. The van der Waals surface area contributed by atoms with Crippen molar-refractivity contribution in [2.45, 2.75) is 30.2 Å². The zero-order valence-electron chi connectivity index (χ0n) is 10.8. The standard InChI is InChI=1S/C13H16FN3O2S/c14-11-4-2-6-13(10(11)8-16)20(18,19)17-12-5-1-3-9(12)7-15/h2,4,6,9,12,17H,1,3,5,7,15H2. The monoisotopic (exact) mass is 297 g/mol. The van der Waals surface area contributed by atoms with Gasteiger partial charge in [0.2, 0.25) is 10.0 Å². The van der Waals surface area contributed by atoms with Crippen LogP contribution in [0.25, 0.3) is 0 Å². The second kappa shape index (κ2) is 5.87. The molecule has 2 rings (SSSR count). The molecule has 0 saturated heterocycles. The second-order valence-corrected chi connectivity index (χ2v) is 6.56. The SMILES string of the molecule is N#Cc1c(F)cccc1S(=O)(=O)NC1CCCC1CN. The molecule has 0 aliphatic heterocycles. The summed E-state index contributed by atoms with van der Waals surface area (Å²) in [6.45, 7) is 0.404. The average Bonchev–Trinajstić information content (AvgIpc) is 2.84. The molecule has 1 aromatic rings. The minimum Gasteiger partial charge on any atom is -0.330 e. The number of nitriles is 1. The number of nitrogens with one attached hydrogen (secondary N) is 1. The van der Waals surface area contributed by atoms with Crippen molar-refractivity contribution in [2.75, 3.05) is 6.54 Å². The van der Waals surface area contributed by atoms with Gasteiger partial charge in [-0.1, -0.05) is 12.5 Å². The van der Waals surface area contributed by atoms with Crippen molar-refractivity contribution in [1.82, 2.24) is 4.72 Å². The zero-order valence-corrected chi connectivity index (χ0v) is 11.7. The first-order valence-corrected chi connectivity index (χ1v) is 7.89. The van der Waals surface area contributed by atoms with Gasteiger partial charge in [-0.15, -0.1) is 0 Å². The maximum atomic E-state index is 13.5. The van der Waals surface area contributed by atoms with E-state index >= 15 is 0 Å². The quantitative estimate of drug-likeness (QED) is 0.870. The highest BCUT2D eigenvalue weighted by molar-refractivity contribution is 7.89. The van der Waals surface area contributed by atoms with Gasteiger partial charge in [0.15, 0.2) is 0 Å². The molecule has 0 aromatic heterocycles. The Hall–Kier alpha value is -1.49. The van der Waals surface area contributed by atoms with Crippen LogP contribution in [0, 0.1) is 23.1 Å². The summed E-state index contributed by atoms with van der Waals surface area (Å²) in [7, 11) is -3.92. The van der Waals surface area contributed by atoms with Gasteiger partial charge in [-0.05, 0) is 37.4 Å². The molecule has 3 N–H and O–H groups in total. The molecule has 0 heterocycles. The van der Waals surface area contributed by atoms with Crippen molar-refractivity contribution < 1.29 is 12.8 Å². The van der Waals surface area contributed by atoms with Gasteiger partial charge in [0, 0.05) is 6.04 Å². The largest absolute Gasteiger partial charge is 0.330 e. The third-order valence-corrected chi connectivity index (χ3v) is 5.18. The predicted octanol–water partition coefficient (Wildman–Crippen LogP) is 1.10. The number of sulfonamides is 1. The topological polar surface area (TPSA) is 96.0 Å². The first kappa shape index (κ1) is 14.9. The molecule has 108 valence electrons. The van der Waals surface area contributed by atoms with Crippen molar-refractivity contribution >= 4 is 10.0 Å². The van der Waals surface area contributed by atoms with E-state index in [2.05, 4.69) is 4.72 Å². The summed E-state index contributed by atoms with van der Waals surface area (Å²) in [5.74, 6) is -0.749. The molecular formula is C13H16FN3O2S. The smallest absolute Gasteiger partial charge is 0.242 e. The van der Waals surface area contributed by atoms with Crippen LogP contribution < -0.4 is 10.5 Å². The van der Waals surface area contributed by atoms with Crippen LogP contribution in [0.3, 0.4) is 0 Å². The molecule has 2 unspecified atom stereocenters. The van der Waals surface area contributed by atoms with Crippen molar-refractivity contribution in [3.05, 3.63) is 29.6 Å². The Morgan fingerprint density at radius 3 is 2.85 bits per heavy atom. The van der Waals surface area contributed by atoms with Gasteiger partial charge in [0.05, 0.1) is 0 Å². The van der Waals surface area contributed by atoms with E-state index in [0.29, 0.717) is 13.0 Å². The highest BCUT2D eigenvalue weighted by Gasteiger charge is 2.31. The number of rotatable bonds is 4. The van der Waals surface area contributed by atoms with Crippen LogP contribution in [0.15, 0.2) is 23.1 Å². The highest BCUT2D eigenvalue weighted by Crippen LogP contribution is 2.27. The summed E-state index contributed by atoms with van der Waals surface area (Å²) in [5.41, 5.74) is 5.16. The fourth-order valence-corrected chi connectivity index (χ4v) is 4.08. The third kappa shape index (κ3) is 2.82. The molecule has 5 nitrogen and oxygen atoms in total. The number of nitrogens with zero attached hydrogens (tertiary/aromatic N) is 1. The Bertz CT molecular complexity index is 640. The van der Waals surface area contributed by atoms with E-state index in [1.165, 1.54) is 12.1 Å². The lowest BCUT2D eigenvalue weighted by atomic mass is 10.1. The Kier molecular flexibility index (Phi) is 4.38. The summed E-state index contributed by atoms with van der Waals surface area (Å²) >= 11 is 0. The van der Waals surface area contributed by atoms with Gasteiger partial charge in [-0.3, -0.25) is 0 Å². The Morgan fingerprint density at radius 2 is 2.20 bits per heavy atom. The summed E-state index contributed by atoms with van der Waals surface area (Å²) in [5, 5.41) is 8.92. The molecule has 0 bridgehead atoms. The summed E-state index contributed by atoms with van der Waals surface area (Å²) < 4.78 is 40.7. The van der Waals surface area contributed by atoms with Crippen LogP contribution >= 0.6 is 0 Å². The molecule has 0 spiro atoms. The van der Waals surface area contributed by atoms with Crippen LogP contribution in [-0.2, 0) is 10.0 Å². The number of hydrogen-bond acceptors (Lipinski definition) is 4. The van der Waals surface area contributed by atoms with Gasteiger partial charge < -0.3 is 5.73 Å². The van der Waals surface area contributed by atoms with Crippen molar-refractivity contribution in [3.8, 4) is 6.07 Å². The summed E-state index contributed by atoms with van der Waals surface area (Å²) in [4.78, 5) is -0.317. The van der Waals surface area contributed by atoms with Crippen molar-refractivity contribution in [3.63, 3.8) is 0 Å². The van der Waals surface area contributed by atoms with E-state index < -0.39 is 21.4 Å². The first-order chi connectivity index (χ1) is 9.49. The molecule has 1 fully saturated rings. The predicted molar refractivity (Wildman–Crippen MR) is 71.6 cm³/mol. The molecule has 0 amide bonds. The van der Waals surface area contributed by atoms with Crippen LogP contribution in [0.2, 0.25) is 0 Å². The van der Waals surface area contributed by atoms with Crippen LogP contribution in [-0.4, -0.2) is 21.0 Å². The van der Waals surface area contributed by atoms with Crippen molar-refractivity contribution in [1.29, 1.82) is 5.26 Å². The van der Waals surface area contributed by atoms with Crippen molar-refractivity contribution in [2.24, 2.45) is 11.7 Å². The molecule has 20 heavy (non-hydrogen) atoms. The number of hydrogen-bond donors (Lipinski definition) is 2. The Labute approximate surface area is 117 Å². The first-order valence-electron chi connectivity index (χ1n) is 6.40. The van der Waals surface area contributed by atoms with E-state index in [1.807, 2.05) is 0 Å². The number of halogens is 1. The van der Waals surface area contributed by atoms with Crippen LogP contribution in [0.1, 0.15) is 24.8 Å². The maximum Gasteiger partial charge on any atom is 0.242 e. The van der Waals surface area contributed by atoms with Crippen LogP contribution in [0.5, 0.6) is 0 Å². The molecule has 1 saturated carbocycles.